The highest BCUT2D eigenvalue weighted by atomic mass is 32.2. The van der Waals surface area contributed by atoms with E-state index in [9.17, 15) is 4.79 Å². The highest BCUT2D eigenvalue weighted by molar-refractivity contribution is 8.13. The highest BCUT2D eigenvalue weighted by Gasteiger charge is 2.41. The van der Waals surface area contributed by atoms with Crippen molar-refractivity contribution in [3.05, 3.63) is 35.9 Å². The van der Waals surface area contributed by atoms with Crippen LogP contribution in [0, 0.1) is 0 Å². The van der Waals surface area contributed by atoms with Gasteiger partial charge in [0.2, 0.25) is 5.88 Å². The first-order valence-corrected chi connectivity index (χ1v) is 9.31. The zero-order valence-corrected chi connectivity index (χ0v) is 16.5. The summed E-state index contributed by atoms with van der Waals surface area (Å²) in [6.07, 6.45) is 2.69. The van der Waals surface area contributed by atoms with Crippen LogP contribution >= 0.6 is 11.8 Å². The maximum absolute atomic E-state index is 12.5. The predicted molar refractivity (Wildman–Crippen MR) is 107 cm³/mol. The number of anilines is 2. The van der Waals surface area contributed by atoms with Crippen LogP contribution in [0.2, 0.25) is 0 Å². The summed E-state index contributed by atoms with van der Waals surface area (Å²) in [5.41, 5.74) is 12.1. The Morgan fingerprint density at radius 3 is 2.82 bits per heavy atom. The van der Waals surface area contributed by atoms with Gasteiger partial charge in [0.15, 0.2) is 16.7 Å². The molecule has 10 nitrogen and oxygen atoms in total. The van der Waals surface area contributed by atoms with Crippen molar-refractivity contribution in [1.82, 2.24) is 15.0 Å². The molecule has 3 heterocycles. The topological polar surface area (TPSA) is 151 Å². The number of nitrogens with one attached hydrogen (secondary N) is 1. The molecule has 0 saturated carbocycles. The molecular weight excluding hydrogens is 382 g/mol. The molecule has 0 aromatic carbocycles. The minimum Gasteiger partial charge on any atom is -0.480 e. The number of methoxy groups -OCH3 is 2. The van der Waals surface area contributed by atoms with E-state index in [0.717, 1.165) is 0 Å². The van der Waals surface area contributed by atoms with E-state index in [2.05, 4.69) is 25.3 Å². The minimum absolute atomic E-state index is 0.00327. The van der Waals surface area contributed by atoms with Crippen LogP contribution in [-0.2, 0) is 10.3 Å². The molecule has 2 aromatic rings. The van der Waals surface area contributed by atoms with Crippen LogP contribution in [0.3, 0.4) is 0 Å². The van der Waals surface area contributed by atoms with Gasteiger partial charge in [-0.3, -0.25) is 9.78 Å². The number of nitrogens with two attached hydrogens (primary N) is 2. The van der Waals surface area contributed by atoms with E-state index in [4.69, 9.17) is 20.9 Å². The third-order valence-electron chi connectivity index (χ3n) is 4.37. The summed E-state index contributed by atoms with van der Waals surface area (Å²) in [7, 11) is 3.06. The lowest BCUT2D eigenvalue weighted by molar-refractivity contribution is 0.0576. The third-order valence-corrected chi connectivity index (χ3v) is 5.23. The maximum atomic E-state index is 12.5. The first-order chi connectivity index (χ1) is 13.4. The van der Waals surface area contributed by atoms with Crippen LogP contribution in [0.5, 0.6) is 5.88 Å². The van der Waals surface area contributed by atoms with E-state index < -0.39 is 11.4 Å². The number of amidine groups is 1. The summed E-state index contributed by atoms with van der Waals surface area (Å²) in [5, 5.41) is 3.22. The second-order valence-corrected chi connectivity index (χ2v) is 7.20. The number of carbonyl (C=O) groups is 1. The molecule has 2 aromatic heterocycles. The van der Waals surface area contributed by atoms with E-state index in [0.29, 0.717) is 22.3 Å². The molecule has 0 radical (unpaired) electrons. The lowest BCUT2D eigenvalue weighted by Crippen LogP contribution is -2.43. The molecule has 148 valence electrons. The van der Waals surface area contributed by atoms with E-state index in [1.165, 1.54) is 25.1 Å². The second-order valence-electron chi connectivity index (χ2n) is 6.16. The molecule has 3 rings (SSSR count). The number of aromatic nitrogens is 3. The largest absolute Gasteiger partial charge is 0.480 e. The van der Waals surface area contributed by atoms with E-state index in [-0.39, 0.29) is 23.5 Å². The Labute approximate surface area is 166 Å². The van der Waals surface area contributed by atoms with Crippen molar-refractivity contribution in [3.63, 3.8) is 0 Å². The fourth-order valence-corrected chi connectivity index (χ4v) is 3.85. The Morgan fingerprint density at radius 2 is 2.14 bits per heavy atom. The molecule has 0 aliphatic carbocycles. The zero-order chi connectivity index (χ0) is 20.3. The van der Waals surface area contributed by atoms with Crippen LogP contribution < -0.4 is 21.5 Å². The van der Waals surface area contributed by atoms with Gasteiger partial charge in [-0.1, -0.05) is 11.8 Å². The average Bonchev–Trinajstić information content (AvgIpc) is 2.68. The summed E-state index contributed by atoms with van der Waals surface area (Å²) < 4.78 is 10.5. The fraction of sp³-hybridized carbons (Fsp3) is 0.353. The average molecular weight is 403 g/mol. The number of carbonyl (C=O) groups excluding carboxylic acids is 1. The number of hydrogen-bond acceptors (Lipinski definition) is 10. The van der Waals surface area contributed by atoms with Crippen molar-refractivity contribution >= 4 is 34.3 Å². The molecule has 0 saturated heterocycles. The van der Waals surface area contributed by atoms with Gasteiger partial charge in [0.05, 0.1) is 25.1 Å². The number of hydrogen-bond donors (Lipinski definition) is 3. The Bertz CT molecular complexity index is 923. The number of nitrogens with zero attached hydrogens (tertiary/aromatic N) is 4. The molecule has 1 aliphatic rings. The van der Waals surface area contributed by atoms with Crippen LogP contribution in [0.1, 0.15) is 23.1 Å². The number of pyridine rings is 1. The molecule has 11 heteroatoms. The summed E-state index contributed by atoms with van der Waals surface area (Å²) in [4.78, 5) is 29.5. The normalized spacial score (nSPS) is 21.7. The van der Waals surface area contributed by atoms with Crippen LogP contribution in [0.25, 0.3) is 0 Å². The number of thioether (sulfide) groups is 1. The molecule has 0 bridgehead atoms. The van der Waals surface area contributed by atoms with Crippen molar-refractivity contribution in [2.75, 3.05) is 31.0 Å². The molecule has 1 unspecified atom stereocenters. The Hall–Kier alpha value is -2.92. The zero-order valence-electron chi connectivity index (χ0n) is 15.7. The third kappa shape index (κ3) is 3.85. The molecule has 0 fully saturated rings. The summed E-state index contributed by atoms with van der Waals surface area (Å²) in [6.45, 7) is 1.90. The predicted octanol–water partition coefficient (Wildman–Crippen LogP) is 1.01. The molecule has 5 N–H and O–H groups in total. The van der Waals surface area contributed by atoms with Gasteiger partial charge in [0, 0.05) is 24.7 Å². The highest BCUT2D eigenvalue weighted by Crippen LogP contribution is 2.36. The molecule has 2 atom stereocenters. The number of nitrogen functional groups attached to an aromatic ring is 1. The quantitative estimate of drug-likeness (QED) is 0.664. The van der Waals surface area contributed by atoms with Gasteiger partial charge in [0.1, 0.15) is 5.54 Å². The smallest absolute Gasteiger partial charge is 0.278 e. The Kier molecular flexibility index (Phi) is 5.66. The van der Waals surface area contributed by atoms with Crippen LogP contribution in [-0.4, -0.2) is 52.1 Å². The van der Waals surface area contributed by atoms with Gasteiger partial charge in [-0.25, -0.2) is 9.98 Å². The van der Waals surface area contributed by atoms with E-state index >= 15 is 0 Å². The Morgan fingerprint density at radius 1 is 1.36 bits per heavy atom. The van der Waals surface area contributed by atoms with Gasteiger partial charge in [-0.15, -0.1) is 0 Å². The van der Waals surface area contributed by atoms with E-state index in [1.807, 2.05) is 6.92 Å². The monoisotopic (exact) mass is 403 g/mol. The van der Waals surface area contributed by atoms with Gasteiger partial charge >= 0.3 is 0 Å². The first kappa shape index (κ1) is 19.8. The SMILES string of the molecule is COc1cnc(C(=O)Nc2ccnc([C@@]3(C)N=C(N)SCC3OC)c2)c(N)n1. The molecule has 1 aliphatic heterocycles. The Balaban J connectivity index is 1.87. The van der Waals surface area contributed by atoms with Crippen molar-refractivity contribution in [2.45, 2.75) is 18.6 Å². The molecule has 1 amide bonds. The van der Waals surface area contributed by atoms with Gasteiger partial charge in [-0.05, 0) is 19.1 Å². The summed E-state index contributed by atoms with van der Waals surface area (Å²) in [6, 6.07) is 3.38. The van der Waals surface area contributed by atoms with Crippen molar-refractivity contribution < 1.29 is 14.3 Å². The molecule has 0 spiro atoms. The van der Waals surface area contributed by atoms with Gasteiger partial charge < -0.3 is 26.3 Å². The molecule has 28 heavy (non-hydrogen) atoms. The number of rotatable bonds is 5. The van der Waals surface area contributed by atoms with E-state index in [1.54, 1.807) is 25.4 Å². The van der Waals surface area contributed by atoms with Crippen LogP contribution in [0.4, 0.5) is 11.5 Å². The number of aliphatic imine (C=N–C) groups is 1. The second kappa shape index (κ2) is 7.98. The van der Waals surface area contributed by atoms with Gasteiger partial charge in [0.25, 0.3) is 5.91 Å². The lowest BCUT2D eigenvalue weighted by Gasteiger charge is -2.36. The van der Waals surface area contributed by atoms with Crippen molar-refractivity contribution in [2.24, 2.45) is 10.7 Å². The molecular formula is C17H21N7O3S. The van der Waals surface area contributed by atoms with Crippen molar-refractivity contribution in [3.8, 4) is 5.88 Å². The first-order valence-electron chi connectivity index (χ1n) is 8.32. The summed E-state index contributed by atoms with van der Waals surface area (Å²) >= 11 is 1.43. The van der Waals surface area contributed by atoms with Gasteiger partial charge in [-0.2, -0.15) is 4.98 Å². The maximum Gasteiger partial charge on any atom is 0.278 e. The summed E-state index contributed by atoms with van der Waals surface area (Å²) in [5.74, 6) is 0.350. The standard InChI is InChI=1S/C17H21N7O3S/c1-17(11(26-2)8-28-16(19)24-17)10-6-9(4-5-20-10)22-15(25)13-14(18)23-12(27-3)7-21-13/h4-7,11H,8H2,1-3H3,(H2,18,23)(H2,19,24)(H,20,22,25)/t11?,17-/m1/s1. The fourth-order valence-electron chi connectivity index (χ4n) is 2.81. The van der Waals surface area contributed by atoms with Crippen molar-refractivity contribution in [1.29, 1.82) is 0 Å². The minimum atomic E-state index is -0.774. The lowest BCUT2D eigenvalue weighted by atomic mass is 9.91. The van der Waals surface area contributed by atoms with Crippen LogP contribution in [0.15, 0.2) is 29.5 Å². The number of ether oxygens (including phenoxy) is 2. The number of amides is 1.